The number of benzene rings is 2. The van der Waals surface area contributed by atoms with Crippen LogP contribution in [0.4, 0.5) is 5.69 Å². The first-order valence-electron chi connectivity index (χ1n) is 7.69. The summed E-state index contributed by atoms with van der Waals surface area (Å²) in [6.07, 6.45) is 1.31. The van der Waals surface area contributed by atoms with Crippen LogP contribution >= 0.6 is 0 Å². The predicted octanol–water partition coefficient (Wildman–Crippen LogP) is 3.32. The number of hydrogen-bond donors (Lipinski definition) is 1. The molecule has 1 heterocycles. The van der Waals surface area contributed by atoms with Crippen LogP contribution in [0.15, 0.2) is 67.0 Å². The van der Waals surface area contributed by atoms with E-state index in [-0.39, 0.29) is 11.6 Å². The molecule has 1 amide bonds. The average molecular weight is 335 g/mol. The second-order valence-electron chi connectivity index (χ2n) is 5.20. The first-order chi connectivity index (χ1) is 12.2. The Hall–Kier alpha value is -3.41. The predicted molar refractivity (Wildman–Crippen MR) is 93.8 cm³/mol. The monoisotopic (exact) mass is 335 g/mol. The van der Waals surface area contributed by atoms with E-state index in [4.69, 9.17) is 9.47 Å². The summed E-state index contributed by atoms with van der Waals surface area (Å²) in [4.78, 5) is 20.3. The lowest BCUT2D eigenvalue weighted by Crippen LogP contribution is -2.14. The van der Waals surface area contributed by atoms with Crippen molar-refractivity contribution in [1.29, 1.82) is 0 Å². The van der Waals surface area contributed by atoms with E-state index in [0.717, 1.165) is 11.3 Å². The number of nitrogens with zero attached hydrogens (tertiary/aromatic N) is 2. The molecule has 0 saturated heterocycles. The molecule has 0 fully saturated rings. The summed E-state index contributed by atoms with van der Waals surface area (Å²) in [5, 5.41) is 2.77. The van der Waals surface area contributed by atoms with E-state index in [1.165, 1.54) is 12.4 Å². The van der Waals surface area contributed by atoms with Crippen LogP contribution in [0.5, 0.6) is 11.6 Å². The Morgan fingerprint density at radius 2 is 1.80 bits per heavy atom. The Bertz CT molecular complexity index is 836. The largest absolute Gasteiger partial charge is 0.497 e. The molecule has 6 heteroatoms. The van der Waals surface area contributed by atoms with Crippen LogP contribution in [0.25, 0.3) is 0 Å². The van der Waals surface area contributed by atoms with Crippen molar-refractivity contribution in [2.24, 2.45) is 0 Å². The molecular formula is C19H17N3O3. The molecule has 3 aromatic rings. The molecule has 6 nitrogen and oxygen atoms in total. The number of rotatable bonds is 6. The number of carbonyl (C=O) groups excluding carboxylic acids is 1. The van der Waals surface area contributed by atoms with Gasteiger partial charge < -0.3 is 14.8 Å². The number of hydrogen-bond acceptors (Lipinski definition) is 5. The Balaban J connectivity index is 1.64. The smallest absolute Gasteiger partial charge is 0.274 e. The van der Waals surface area contributed by atoms with E-state index in [1.54, 1.807) is 31.4 Å². The highest BCUT2D eigenvalue weighted by molar-refractivity contribution is 6.02. The van der Waals surface area contributed by atoms with Gasteiger partial charge in [0.25, 0.3) is 5.91 Å². The number of anilines is 1. The molecule has 25 heavy (non-hydrogen) atoms. The third-order valence-corrected chi connectivity index (χ3v) is 3.45. The number of methoxy groups -OCH3 is 1. The molecule has 3 rings (SSSR count). The topological polar surface area (TPSA) is 73.3 Å². The van der Waals surface area contributed by atoms with Crippen LogP contribution in [0.2, 0.25) is 0 Å². The summed E-state index contributed by atoms with van der Waals surface area (Å²) >= 11 is 0. The normalized spacial score (nSPS) is 10.1. The molecule has 1 aromatic heterocycles. The number of nitrogens with one attached hydrogen (secondary N) is 1. The maximum absolute atomic E-state index is 12.3. The van der Waals surface area contributed by atoms with Crippen LogP contribution in [-0.4, -0.2) is 23.0 Å². The van der Waals surface area contributed by atoms with Crippen LogP contribution in [0.1, 0.15) is 16.1 Å². The zero-order chi connectivity index (χ0) is 17.5. The fraction of sp³-hybridized carbons (Fsp3) is 0.105. The number of aromatic nitrogens is 2. The standard InChI is InChI=1S/C19H17N3O3/c1-24-16-9-7-15(8-10-16)22-19(23)17-11-18(21-13-20-17)25-12-14-5-3-2-4-6-14/h2-11,13H,12H2,1H3,(H,22,23). The van der Waals surface area contributed by atoms with E-state index >= 15 is 0 Å². The van der Waals surface area contributed by atoms with E-state index in [0.29, 0.717) is 18.2 Å². The average Bonchev–Trinajstić information content (AvgIpc) is 2.68. The first kappa shape index (κ1) is 16.4. The molecule has 1 N–H and O–H groups in total. The highest BCUT2D eigenvalue weighted by Gasteiger charge is 2.10. The van der Waals surface area contributed by atoms with Gasteiger partial charge in [-0.25, -0.2) is 9.97 Å². The third kappa shape index (κ3) is 4.54. The van der Waals surface area contributed by atoms with Crippen molar-refractivity contribution in [2.75, 3.05) is 12.4 Å². The maximum Gasteiger partial charge on any atom is 0.274 e. The van der Waals surface area contributed by atoms with Crippen LogP contribution < -0.4 is 14.8 Å². The number of ether oxygens (including phenoxy) is 2. The first-order valence-corrected chi connectivity index (χ1v) is 7.69. The molecule has 0 aliphatic heterocycles. The summed E-state index contributed by atoms with van der Waals surface area (Å²) in [5.41, 5.74) is 1.90. The van der Waals surface area contributed by atoms with Crippen molar-refractivity contribution in [3.63, 3.8) is 0 Å². The minimum absolute atomic E-state index is 0.230. The number of amides is 1. The van der Waals surface area contributed by atoms with Crippen molar-refractivity contribution in [3.05, 3.63) is 78.2 Å². The van der Waals surface area contributed by atoms with Gasteiger partial charge in [0.15, 0.2) is 0 Å². The lowest BCUT2D eigenvalue weighted by molar-refractivity contribution is 0.102. The molecule has 126 valence electrons. The van der Waals surface area contributed by atoms with Gasteiger partial charge in [0.1, 0.15) is 24.4 Å². The molecule has 0 aliphatic carbocycles. The molecule has 0 spiro atoms. The quantitative estimate of drug-likeness (QED) is 0.748. The molecule has 0 unspecified atom stereocenters. The Labute approximate surface area is 145 Å². The van der Waals surface area contributed by atoms with Gasteiger partial charge in [-0.2, -0.15) is 0 Å². The Morgan fingerprint density at radius 3 is 2.52 bits per heavy atom. The van der Waals surface area contributed by atoms with Gasteiger partial charge in [-0.3, -0.25) is 4.79 Å². The van der Waals surface area contributed by atoms with E-state index in [1.807, 2.05) is 30.3 Å². The van der Waals surface area contributed by atoms with Gasteiger partial charge in [-0.15, -0.1) is 0 Å². The fourth-order valence-electron chi connectivity index (χ4n) is 2.14. The van der Waals surface area contributed by atoms with E-state index in [9.17, 15) is 4.79 Å². The molecule has 0 saturated carbocycles. The van der Waals surface area contributed by atoms with Crippen molar-refractivity contribution in [2.45, 2.75) is 6.61 Å². The third-order valence-electron chi connectivity index (χ3n) is 3.45. The summed E-state index contributed by atoms with van der Waals surface area (Å²) in [6, 6.07) is 18.3. The minimum atomic E-state index is -0.336. The van der Waals surface area contributed by atoms with Crippen LogP contribution in [0.3, 0.4) is 0 Å². The SMILES string of the molecule is COc1ccc(NC(=O)c2cc(OCc3ccccc3)ncn2)cc1. The van der Waals surface area contributed by atoms with Gasteiger partial charge in [-0.05, 0) is 29.8 Å². The molecule has 0 bridgehead atoms. The van der Waals surface area contributed by atoms with Crippen molar-refractivity contribution in [1.82, 2.24) is 9.97 Å². The molecular weight excluding hydrogens is 318 g/mol. The van der Waals surface area contributed by atoms with Gasteiger partial charge in [-0.1, -0.05) is 30.3 Å². The van der Waals surface area contributed by atoms with Crippen molar-refractivity contribution in [3.8, 4) is 11.6 Å². The number of carbonyl (C=O) groups is 1. The zero-order valence-corrected chi connectivity index (χ0v) is 13.7. The molecule has 2 aromatic carbocycles. The Kier molecular flexibility index (Phi) is 5.21. The summed E-state index contributed by atoms with van der Waals surface area (Å²) in [5.74, 6) is 0.729. The van der Waals surface area contributed by atoms with Gasteiger partial charge in [0, 0.05) is 11.8 Å². The van der Waals surface area contributed by atoms with Crippen molar-refractivity contribution < 1.29 is 14.3 Å². The highest BCUT2D eigenvalue weighted by Crippen LogP contribution is 2.16. The van der Waals surface area contributed by atoms with Gasteiger partial charge in [0.05, 0.1) is 7.11 Å². The maximum atomic E-state index is 12.3. The molecule has 0 atom stereocenters. The summed E-state index contributed by atoms with van der Waals surface area (Å²) in [7, 11) is 1.59. The fourth-order valence-corrected chi connectivity index (χ4v) is 2.14. The van der Waals surface area contributed by atoms with Crippen LogP contribution in [-0.2, 0) is 6.61 Å². The minimum Gasteiger partial charge on any atom is -0.497 e. The van der Waals surface area contributed by atoms with Crippen LogP contribution in [0, 0.1) is 0 Å². The molecule has 0 radical (unpaired) electrons. The Morgan fingerprint density at radius 1 is 1.04 bits per heavy atom. The molecule has 0 aliphatic rings. The lowest BCUT2D eigenvalue weighted by Gasteiger charge is -2.08. The summed E-state index contributed by atoms with van der Waals surface area (Å²) < 4.78 is 10.7. The van der Waals surface area contributed by atoms with E-state index < -0.39 is 0 Å². The second kappa shape index (κ2) is 7.92. The summed E-state index contributed by atoms with van der Waals surface area (Å²) in [6.45, 7) is 0.372. The highest BCUT2D eigenvalue weighted by atomic mass is 16.5. The lowest BCUT2D eigenvalue weighted by atomic mass is 10.2. The van der Waals surface area contributed by atoms with Gasteiger partial charge in [0.2, 0.25) is 5.88 Å². The second-order valence-corrected chi connectivity index (χ2v) is 5.20. The zero-order valence-electron chi connectivity index (χ0n) is 13.7. The van der Waals surface area contributed by atoms with E-state index in [2.05, 4.69) is 15.3 Å². The van der Waals surface area contributed by atoms with Gasteiger partial charge >= 0.3 is 0 Å². The van der Waals surface area contributed by atoms with Crippen molar-refractivity contribution >= 4 is 11.6 Å².